The van der Waals surface area contributed by atoms with Crippen molar-refractivity contribution < 1.29 is 14.3 Å². The number of carbonyl (C=O) groups excluding carboxylic acids is 2. The van der Waals surface area contributed by atoms with Crippen LogP contribution in [0.15, 0.2) is 72.0 Å². The first kappa shape index (κ1) is 14.9. The molecule has 2 aromatic rings. The lowest BCUT2D eigenvalue weighted by Gasteiger charge is -2.20. The van der Waals surface area contributed by atoms with Crippen LogP contribution in [0, 0.1) is 0 Å². The van der Waals surface area contributed by atoms with Gasteiger partial charge in [-0.3, -0.25) is 9.59 Å². The van der Waals surface area contributed by atoms with E-state index in [0.29, 0.717) is 17.6 Å². The summed E-state index contributed by atoms with van der Waals surface area (Å²) in [4.78, 5) is 25.5. The number of ketones is 2. The molecule has 120 valence electrons. The molecule has 0 amide bonds. The molecule has 3 heteroatoms. The molecule has 0 saturated heterocycles. The largest absolute Gasteiger partial charge is 0.485 e. The number of ether oxygens (including phenoxy) is 1. The second-order valence-electron chi connectivity index (χ2n) is 6.27. The zero-order valence-corrected chi connectivity index (χ0v) is 13.3. The SMILES string of the molecule is O=C1CCCC2=C1[C@@H](c1ccccc1)[C@H](C(=O)c1ccccc1)O2. The minimum atomic E-state index is -0.651. The van der Waals surface area contributed by atoms with Crippen LogP contribution < -0.4 is 0 Å². The van der Waals surface area contributed by atoms with E-state index >= 15 is 0 Å². The Morgan fingerprint density at radius 2 is 1.58 bits per heavy atom. The molecule has 1 aliphatic heterocycles. The van der Waals surface area contributed by atoms with Crippen LogP contribution in [0.2, 0.25) is 0 Å². The third-order valence-corrected chi connectivity index (χ3v) is 4.77. The highest BCUT2D eigenvalue weighted by atomic mass is 16.5. The van der Waals surface area contributed by atoms with Crippen molar-refractivity contribution in [1.82, 2.24) is 0 Å². The number of rotatable bonds is 3. The van der Waals surface area contributed by atoms with E-state index in [0.717, 1.165) is 24.2 Å². The smallest absolute Gasteiger partial charge is 0.204 e. The predicted molar refractivity (Wildman–Crippen MR) is 90.7 cm³/mol. The van der Waals surface area contributed by atoms with E-state index in [1.165, 1.54) is 0 Å². The van der Waals surface area contributed by atoms with E-state index in [2.05, 4.69) is 0 Å². The predicted octanol–water partition coefficient (Wildman–Crippen LogP) is 4.06. The molecule has 0 unspecified atom stereocenters. The molecule has 1 heterocycles. The van der Waals surface area contributed by atoms with Gasteiger partial charge in [-0.1, -0.05) is 60.7 Å². The number of allylic oxidation sites excluding steroid dienone is 1. The number of carbonyl (C=O) groups is 2. The first-order valence-electron chi connectivity index (χ1n) is 8.33. The van der Waals surface area contributed by atoms with E-state index in [1.54, 1.807) is 12.1 Å². The van der Waals surface area contributed by atoms with Crippen LogP contribution in [-0.2, 0) is 9.53 Å². The van der Waals surface area contributed by atoms with Crippen LogP contribution in [0.3, 0.4) is 0 Å². The molecule has 2 aromatic carbocycles. The average Bonchev–Trinajstić information content (AvgIpc) is 3.03. The van der Waals surface area contributed by atoms with Crippen LogP contribution in [0.4, 0.5) is 0 Å². The Balaban J connectivity index is 1.77. The molecule has 0 spiro atoms. The van der Waals surface area contributed by atoms with Gasteiger partial charge in [-0.25, -0.2) is 0 Å². The van der Waals surface area contributed by atoms with E-state index in [9.17, 15) is 9.59 Å². The molecule has 2 atom stereocenters. The highest BCUT2D eigenvalue weighted by molar-refractivity contribution is 6.05. The van der Waals surface area contributed by atoms with Crippen LogP contribution >= 0.6 is 0 Å². The molecule has 2 aliphatic rings. The molecule has 0 radical (unpaired) electrons. The minimum absolute atomic E-state index is 0.0633. The quantitative estimate of drug-likeness (QED) is 0.802. The van der Waals surface area contributed by atoms with Gasteiger partial charge in [0.05, 0.1) is 5.92 Å². The van der Waals surface area contributed by atoms with Crippen molar-refractivity contribution in [2.24, 2.45) is 0 Å². The average molecular weight is 318 g/mol. The number of benzene rings is 2. The summed E-state index contributed by atoms with van der Waals surface area (Å²) < 4.78 is 6.03. The topological polar surface area (TPSA) is 43.4 Å². The Bertz CT molecular complexity index is 805. The normalized spacial score (nSPS) is 22.9. The van der Waals surface area contributed by atoms with Crippen molar-refractivity contribution in [3.05, 3.63) is 83.1 Å². The lowest BCUT2D eigenvalue weighted by atomic mass is 9.80. The van der Waals surface area contributed by atoms with Crippen LogP contribution in [0.5, 0.6) is 0 Å². The van der Waals surface area contributed by atoms with Gasteiger partial charge >= 0.3 is 0 Å². The van der Waals surface area contributed by atoms with Gasteiger partial charge in [-0.2, -0.15) is 0 Å². The fourth-order valence-electron chi connectivity index (χ4n) is 3.65. The van der Waals surface area contributed by atoms with Crippen molar-refractivity contribution in [1.29, 1.82) is 0 Å². The van der Waals surface area contributed by atoms with E-state index in [1.807, 2.05) is 48.5 Å². The van der Waals surface area contributed by atoms with Gasteiger partial charge in [-0.05, 0) is 12.0 Å². The van der Waals surface area contributed by atoms with Crippen LogP contribution in [-0.4, -0.2) is 17.7 Å². The lowest BCUT2D eigenvalue weighted by Crippen LogP contribution is -2.28. The number of hydrogen-bond donors (Lipinski definition) is 0. The molecular formula is C21H18O3. The summed E-state index contributed by atoms with van der Waals surface area (Å²) in [6, 6.07) is 18.9. The van der Waals surface area contributed by atoms with Crippen molar-refractivity contribution in [3.63, 3.8) is 0 Å². The standard InChI is InChI=1S/C21H18O3/c22-16-12-7-13-17-19(16)18(14-8-3-1-4-9-14)21(24-17)20(23)15-10-5-2-6-11-15/h1-6,8-11,18,21H,7,12-13H2/t18-,21-/m1/s1. The summed E-state index contributed by atoms with van der Waals surface area (Å²) >= 11 is 0. The Kier molecular flexibility index (Phi) is 3.77. The Morgan fingerprint density at radius 3 is 2.29 bits per heavy atom. The first-order chi connectivity index (χ1) is 11.8. The van der Waals surface area contributed by atoms with Crippen molar-refractivity contribution in [2.45, 2.75) is 31.3 Å². The highest BCUT2D eigenvalue weighted by Crippen LogP contribution is 2.44. The molecule has 0 aromatic heterocycles. The van der Waals surface area contributed by atoms with Gasteiger partial charge < -0.3 is 4.74 Å². The van der Waals surface area contributed by atoms with Gasteiger partial charge in [0.2, 0.25) is 5.78 Å². The molecule has 24 heavy (non-hydrogen) atoms. The first-order valence-corrected chi connectivity index (χ1v) is 8.33. The molecular weight excluding hydrogens is 300 g/mol. The summed E-state index contributed by atoms with van der Waals surface area (Å²) in [6.07, 6.45) is 1.42. The van der Waals surface area contributed by atoms with Crippen molar-refractivity contribution >= 4 is 11.6 Å². The molecule has 0 fully saturated rings. The fourth-order valence-corrected chi connectivity index (χ4v) is 3.65. The summed E-state index contributed by atoms with van der Waals surface area (Å²) in [5.74, 6) is 0.469. The third kappa shape index (κ3) is 2.46. The number of Topliss-reactive ketones (excluding diaryl/α,β-unsaturated/α-hetero) is 2. The van der Waals surface area contributed by atoms with Gasteiger partial charge in [-0.15, -0.1) is 0 Å². The molecule has 1 aliphatic carbocycles. The maximum absolute atomic E-state index is 13.0. The molecule has 0 N–H and O–H groups in total. The Labute approximate surface area is 141 Å². The Morgan fingerprint density at radius 1 is 0.917 bits per heavy atom. The zero-order valence-electron chi connectivity index (χ0n) is 13.3. The van der Waals surface area contributed by atoms with Gasteiger partial charge in [0.1, 0.15) is 5.76 Å². The van der Waals surface area contributed by atoms with E-state index < -0.39 is 6.10 Å². The fraction of sp³-hybridized carbons (Fsp3) is 0.238. The summed E-state index contributed by atoms with van der Waals surface area (Å²) in [5.41, 5.74) is 2.30. The Hall–Kier alpha value is -2.68. The number of hydrogen-bond acceptors (Lipinski definition) is 3. The zero-order chi connectivity index (χ0) is 16.5. The molecule has 3 nitrogen and oxygen atoms in total. The minimum Gasteiger partial charge on any atom is -0.485 e. The van der Waals surface area contributed by atoms with E-state index in [4.69, 9.17) is 4.74 Å². The second-order valence-corrected chi connectivity index (χ2v) is 6.27. The summed E-state index contributed by atoms with van der Waals surface area (Å²) in [6.45, 7) is 0. The van der Waals surface area contributed by atoms with Crippen LogP contribution in [0.1, 0.15) is 41.1 Å². The third-order valence-electron chi connectivity index (χ3n) is 4.77. The second kappa shape index (κ2) is 6.08. The van der Waals surface area contributed by atoms with Gasteiger partial charge in [0.15, 0.2) is 11.9 Å². The van der Waals surface area contributed by atoms with Crippen LogP contribution in [0.25, 0.3) is 0 Å². The molecule has 4 rings (SSSR count). The molecule has 0 bridgehead atoms. The molecule has 0 saturated carbocycles. The van der Waals surface area contributed by atoms with Crippen molar-refractivity contribution in [3.8, 4) is 0 Å². The van der Waals surface area contributed by atoms with Gasteiger partial charge in [0.25, 0.3) is 0 Å². The monoisotopic (exact) mass is 318 g/mol. The van der Waals surface area contributed by atoms with Crippen molar-refractivity contribution in [2.75, 3.05) is 0 Å². The maximum atomic E-state index is 13.0. The summed E-state index contributed by atoms with van der Waals surface area (Å²) in [7, 11) is 0. The lowest BCUT2D eigenvalue weighted by molar-refractivity contribution is -0.116. The maximum Gasteiger partial charge on any atom is 0.204 e. The van der Waals surface area contributed by atoms with Gasteiger partial charge in [0, 0.05) is 24.0 Å². The highest BCUT2D eigenvalue weighted by Gasteiger charge is 2.45. The van der Waals surface area contributed by atoms with E-state index in [-0.39, 0.29) is 17.5 Å². The summed E-state index contributed by atoms with van der Waals surface area (Å²) in [5, 5.41) is 0.